The average molecular weight is 286 g/mol. The highest BCUT2D eigenvalue weighted by Crippen LogP contribution is 2.36. The minimum absolute atomic E-state index is 0.0902. The van der Waals surface area contributed by atoms with Gasteiger partial charge in [0.15, 0.2) is 5.58 Å². The number of oxazole rings is 1. The fraction of sp³-hybridized carbons (Fsp3) is 0. The smallest absolute Gasteiger partial charge is 0.406 e. The zero-order valence-electron chi connectivity index (χ0n) is 7.25. The van der Waals surface area contributed by atoms with Crippen molar-refractivity contribution in [2.45, 2.75) is 4.90 Å². The highest BCUT2D eigenvalue weighted by molar-refractivity contribution is 7.86. The molecule has 0 amide bonds. The van der Waals surface area contributed by atoms with E-state index in [1.807, 2.05) is 0 Å². The predicted octanol–water partition coefficient (Wildman–Crippen LogP) is 2.09. The third-order valence-electron chi connectivity index (χ3n) is 1.81. The van der Waals surface area contributed by atoms with E-state index in [2.05, 4.69) is 9.40 Å². The molecule has 86 valence electrons. The Hall–Kier alpha value is -1.05. The van der Waals surface area contributed by atoms with Gasteiger partial charge in [-0.25, -0.2) is 4.79 Å². The molecule has 0 saturated heterocycles. The van der Waals surface area contributed by atoms with Crippen LogP contribution in [-0.2, 0) is 10.2 Å². The van der Waals surface area contributed by atoms with E-state index in [9.17, 15) is 17.1 Å². The van der Waals surface area contributed by atoms with Gasteiger partial charge in [-0.15, -0.1) is 3.89 Å². The summed E-state index contributed by atoms with van der Waals surface area (Å²) in [5.74, 6) is -0.846. The summed E-state index contributed by atoms with van der Waals surface area (Å²) in [5, 5.41) is -1.000. The second-order valence-corrected chi connectivity index (χ2v) is 4.90. The maximum Gasteiger partial charge on any atom is 0.417 e. The number of rotatable bonds is 1. The van der Waals surface area contributed by atoms with Crippen molar-refractivity contribution in [3.8, 4) is 0 Å². The summed E-state index contributed by atoms with van der Waals surface area (Å²) in [4.78, 5) is 12.1. The Balaban J connectivity index is 3.02. The molecule has 2 rings (SSSR count). The molecule has 2 aromatic rings. The molecule has 16 heavy (non-hydrogen) atoms. The number of hydrogen-bond acceptors (Lipinski definition) is 4. The van der Waals surface area contributed by atoms with Gasteiger partial charge in [-0.05, 0) is 6.07 Å². The summed E-state index contributed by atoms with van der Waals surface area (Å²) < 4.78 is 38.9. The van der Waals surface area contributed by atoms with Crippen molar-refractivity contribution >= 4 is 44.5 Å². The first-order chi connectivity index (χ1) is 7.30. The lowest BCUT2D eigenvalue weighted by molar-refractivity contribution is 0.546. The second-order valence-electron chi connectivity index (χ2n) is 2.83. The Kier molecular flexibility index (Phi) is 2.48. The van der Waals surface area contributed by atoms with Crippen LogP contribution in [0.25, 0.3) is 11.1 Å². The Bertz CT molecular complexity index is 733. The van der Waals surface area contributed by atoms with Gasteiger partial charge in [0, 0.05) is 0 Å². The number of hydrogen-bond donors (Lipinski definition) is 1. The van der Waals surface area contributed by atoms with E-state index in [-0.39, 0.29) is 11.1 Å². The van der Waals surface area contributed by atoms with Crippen LogP contribution in [0.1, 0.15) is 0 Å². The normalized spacial score (nSPS) is 12.2. The molecule has 1 aromatic carbocycles. The molecular weight excluding hydrogens is 284 g/mol. The van der Waals surface area contributed by atoms with Crippen LogP contribution in [0.5, 0.6) is 0 Å². The number of aromatic amines is 1. The van der Waals surface area contributed by atoms with Crippen molar-refractivity contribution in [1.82, 2.24) is 4.98 Å². The summed E-state index contributed by atoms with van der Waals surface area (Å²) in [6.45, 7) is 0. The molecule has 0 unspecified atom stereocenters. The molecule has 5 nitrogen and oxygen atoms in total. The molecule has 0 bridgehead atoms. The lowest BCUT2D eigenvalue weighted by Crippen LogP contribution is -1.95. The number of aromatic nitrogens is 1. The van der Waals surface area contributed by atoms with Crippen LogP contribution < -0.4 is 5.76 Å². The van der Waals surface area contributed by atoms with E-state index in [4.69, 9.17) is 23.2 Å². The summed E-state index contributed by atoms with van der Waals surface area (Å²) >= 11 is 11.1. The molecule has 1 heterocycles. The number of nitrogens with one attached hydrogen (secondary N) is 1. The number of benzene rings is 1. The first-order valence-corrected chi connectivity index (χ1v) is 5.90. The number of fused-ring (bicyclic) bond motifs is 1. The Morgan fingerprint density at radius 2 is 2.00 bits per heavy atom. The number of halogens is 3. The maximum atomic E-state index is 12.9. The van der Waals surface area contributed by atoms with Crippen LogP contribution in [0.4, 0.5) is 3.89 Å². The van der Waals surface area contributed by atoms with Crippen LogP contribution >= 0.6 is 23.2 Å². The average Bonchev–Trinajstić information content (AvgIpc) is 2.43. The Morgan fingerprint density at radius 3 is 2.56 bits per heavy atom. The van der Waals surface area contributed by atoms with Crippen molar-refractivity contribution < 1.29 is 16.7 Å². The van der Waals surface area contributed by atoms with E-state index >= 15 is 0 Å². The lowest BCUT2D eigenvalue weighted by Gasteiger charge is -2.01. The standard InChI is InChI=1S/C7H2Cl2FNO4S/c8-2-1-3-5(15-7(12)11-3)4(9)6(2)16(10,13)14/h1H,(H,11,12). The zero-order chi connectivity index (χ0) is 12.1. The van der Waals surface area contributed by atoms with Crippen LogP contribution in [0.2, 0.25) is 10.0 Å². The quantitative estimate of drug-likeness (QED) is 0.814. The molecule has 9 heteroatoms. The Labute approximate surface area is 98.0 Å². The van der Waals surface area contributed by atoms with Crippen LogP contribution in [0.3, 0.4) is 0 Å². The van der Waals surface area contributed by atoms with Crippen molar-refractivity contribution in [2.24, 2.45) is 0 Å². The largest absolute Gasteiger partial charge is 0.417 e. The minimum Gasteiger partial charge on any atom is -0.406 e. The predicted molar refractivity (Wildman–Crippen MR) is 55.1 cm³/mol. The molecule has 1 N–H and O–H groups in total. The van der Waals surface area contributed by atoms with E-state index in [1.54, 1.807) is 0 Å². The van der Waals surface area contributed by atoms with Gasteiger partial charge in [-0.1, -0.05) is 23.2 Å². The van der Waals surface area contributed by atoms with Gasteiger partial charge in [0.2, 0.25) is 0 Å². The van der Waals surface area contributed by atoms with Gasteiger partial charge in [-0.2, -0.15) is 8.42 Å². The summed E-state index contributed by atoms with van der Waals surface area (Å²) in [6.07, 6.45) is 0. The van der Waals surface area contributed by atoms with Crippen molar-refractivity contribution in [2.75, 3.05) is 0 Å². The molecule has 0 radical (unpaired) electrons. The zero-order valence-corrected chi connectivity index (χ0v) is 9.58. The molecule has 1 aromatic heterocycles. The fourth-order valence-electron chi connectivity index (χ4n) is 1.23. The fourth-order valence-corrected chi connectivity index (χ4v) is 2.87. The first kappa shape index (κ1) is 11.4. The lowest BCUT2D eigenvalue weighted by atomic mass is 10.3. The van der Waals surface area contributed by atoms with Crippen LogP contribution in [0, 0.1) is 0 Å². The van der Waals surface area contributed by atoms with Gasteiger partial charge in [-0.3, -0.25) is 4.98 Å². The molecule has 0 aliphatic rings. The minimum atomic E-state index is -5.09. The summed E-state index contributed by atoms with van der Waals surface area (Å²) in [5.41, 5.74) is -0.167. The van der Waals surface area contributed by atoms with Gasteiger partial charge in [0.05, 0.1) is 10.5 Å². The van der Waals surface area contributed by atoms with Gasteiger partial charge >= 0.3 is 16.0 Å². The number of H-pyrrole nitrogens is 1. The summed E-state index contributed by atoms with van der Waals surface area (Å²) in [7, 11) is -5.09. The van der Waals surface area contributed by atoms with Crippen molar-refractivity contribution in [1.29, 1.82) is 0 Å². The molecule has 0 atom stereocenters. The van der Waals surface area contributed by atoms with Crippen molar-refractivity contribution in [3.05, 3.63) is 26.7 Å². The first-order valence-electron chi connectivity index (χ1n) is 3.76. The van der Waals surface area contributed by atoms with Gasteiger partial charge in [0.1, 0.15) is 9.92 Å². The summed E-state index contributed by atoms with van der Waals surface area (Å²) in [6, 6.07) is 1.04. The highest BCUT2D eigenvalue weighted by atomic mass is 35.5. The second kappa shape index (κ2) is 3.47. The monoisotopic (exact) mass is 285 g/mol. The molecule has 0 fully saturated rings. The molecule has 0 saturated carbocycles. The van der Waals surface area contributed by atoms with Crippen molar-refractivity contribution in [3.63, 3.8) is 0 Å². The van der Waals surface area contributed by atoms with Crippen LogP contribution in [0.15, 0.2) is 20.2 Å². The molecular formula is C7H2Cl2FNO4S. The molecule has 0 spiro atoms. The van der Waals surface area contributed by atoms with E-state index in [0.29, 0.717) is 0 Å². The van der Waals surface area contributed by atoms with Crippen LogP contribution in [-0.4, -0.2) is 13.4 Å². The van der Waals surface area contributed by atoms with E-state index in [0.717, 1.165) is 6.07 Å². The highest BCUT2D eigenvalue weighted by Gasteiger charge is 2.25. The third kappa shape index (κ3) is 1.70. The van der Waals surface area contributed by atoms with Gasteiger partial charge < -0.3 is 4.42 Å². The third-order valence-corrected chi connectivity index (χ3v) is 3.60. The SMILES string of the molecule is O=c1[nH]c2cc(Cl)c(S(=O)(=O)F)c(Cl)c2o1. The maximum absolute atomic E-state index is 12.9. The molecule has 0 aliphatic carbocycles. The van der Waals surface area contributed by atoms with E-state index in [1.165, 1.54) is 0 Å². The topological polar surface area (TPSA) is 80.1 Å². The Morgan fingerprint density at radius 1 is 1.38 bits per heavy atom. The molecule has 0 aliphatic heterocycles. The van der Waals surface area contributed by atoms with E-state index < -0.39 is 30.9 Å². The van der Waals surface area contributed by atoms with Gasteiger partial charge in [0.25, 0.3) is 0 Å².